The first-order valence-electron chi connectivity index (χ1n) is 8.16. The molecule has 0 aromatic heterocycles. The molecule has 0 aromatic carbocycles. The van der Waals surface area contributed by atoms with Crippen LogP contribution in [0.15, 0.2) is 4.99 Å². The Bertz CT molecular complexity index is 464. The van der Waals surface area contributed by atoms with Gasteiger partial charge in [0.1, 0.15) is 11.1 Å². The zero-order valence-corrected chi connectivity index (χ0v) is 14.5. The molecule has 2 aliphatic heterocycles. The van der Waals surface area contributed by atoms with Crippen LogP contribution in [0.3, 0.4) is 0 Å². The molecule has 130 valence electrons. The standard InChI is InChI=1S/C15H26N4O3S/c1-9(2)8-11(18-12(20)10-4-3-5-16-10)13(21)19-14(22)15-17-6-7-23-15/h9-11,14,16,22H,3-8H2,1-2H3,(H,18,20)(H,19,21)/t10-,11-,14?/m0/s1. The average Bonchev–Trinajstić information content (AvgIpc) is 3.19. The average molecular weight is 342 g/mol. The van der Waals surface area contributed by atoms with E-state index in [0.29, 0.717) is 18.0 Å². The van der Waals surface area contributed by atoms with Crippen LogP contribution in [0.25, 0.3) is 0 Å². The molecule has 3 atom stereocenters. The predicted molar refractivity (Wildman–Crippen MR) is 91.3 cm³/mol. The molecule has 0 aliphatic carbocycles. The predicted octanol–water partition coefficient (Wildman–Crippen LogP) is -0.151. The van der Waals surface area contributed by atoms with Crippen LogP contribution in [0.1, 0.15) is 33.1 Å². The Labute approximate surface area is 141 Å². The van der Waals surface area contributed by atoms with Crippen LogP contribution in [0.4, 0.5) is 0 Å². The molecule has 0 aromatic rings. The third-order valence-electron chi connectivity index (χ3n) is 3.84. The molecule has 4 N–H and O–H groups in total. The highest BCUT2D eigenvalue weighted by Crippen LogP contribution is 2.14. The summed E-state index contributed by atoms with van der Waals surface area (Å²) in [4.78, 5) is 28.8. The van der Waals surface area contributed by atoms with Crippen molar-refractivity contribution in [2.45, 2.75) is 51.4 Å². The van der Waals surface area contributed by atoms with Gasteiger partial charge in [-0.2, -0.15) is 0 Å². The molecule has 0 bridgehead atoms. The largest absolute Gasteiger partial charge is 0.368 e. The smallest absolute Gasteiger partial charge is 0.244 e. The van der Waals surface area contributed by atoms with Crippen molar-refractivity contribution in [2.75, 3.05) is 18.8 Å². The van der Waals surface area contributed by atoms with Gasteiger partial charge >= 0.3 is 0 Å². The van der Waals surface area contributed by atoms with Gasteiger partial charge in [0.15, 0.2) is 6.23 Å². The van der Waals surface area contributed by atoms with E-state index in [2.05, 4.69) is 20.9 Å². The van der Waals surface area contributed by atoms with E-state index in [9.17, 15) is 14.7 Å². The van der Waals surface area contributed by atoms with Gasteiger partial charge in [0, 0.05) is 12.3 Å². The van der Waals surface area contributed by atoms with Crippen LogP contribution < -0.4 is 16.0 Å². The first kappa shape index (κ1) is 18.2. The lowest BCUT2D eigenvalue weighted by atomic mass is 10.0. The van der Waals surface area contributed by atoms with Crippen molar-refractivity contribution in [1.82, 2.24) is 16.0 Å². The minimum absolute atomic E-state index is 0.148. The molecule has 23 heavy (non-hydrogen) atoms. The molecule has 8 heteroatoms. The second-order valence-electron chi connectivity index (χ2n) is 6.32. The highest BCUT2D eigenvalue weighted by molar-refractivity contribution is 8.14. The molecule has 2 amide bonds. The number of aliphatic hydroxyl groups excluding tert-OH is 1. The molecule has 0 spiro atoms. The number of rotatable bonds is 7. The number of nitrogens with one attached hydrogen (secondary N) is 3. The number of nitrogens with zero attached hydrogens (tertiary/aromatic N) is 1. The van der Waals surface area contributed by atoms with E-state index in [0.717, 1.165) is 25.1 Å². The fraction of sp³-hybridized carbons (Fsp3) is 0.800. The summed E-state index contributed by atoms with van der Waals surface area (Å²) in [6.07, 6.45) is 1.19. The Hall–Kier alpha value is -1.12. The summed E-state index contributed by atoms with van der Waals surface area (Å²) in [5, 5.41) is 19.1. The van der Waals surface area contributed by atoms with Crippen molar-refractivity contribution >= 4 is 28.6 Å². The zero-order valence-electron chi connectivity index (χ0n) is 13.7. The van der Waals surface area contributed by atoms with E-state index in [4.69, 9.17) is 0 Å². The maximum absolute atomic E-state index is 12.4. The number of thioether (sulfide) groups is 1. The molecule has 2 aliphatic rings. The number of hydrogen-bond acceptors (Lipinski definition) is 6. The van der Waals surface area contributed by atoms with E-state index < -0.39 is 12.3 Å². The van der Waals surface area contributed by atoms with Crippen molar-refractivity contribution in [3.8, 4) is 0 Å². The minimum atomic E-state index is -1.09. The molecule has 1 unspecified atom stereocenters. The Kier molecular flexibility index (Phi) is 6.86. The van der Waals surface area contributed by atoms with Gasteiger partial charge in [-0.3, -0.25) is 14.6 Å². The maximum Gasteiger partial charge on any atom is 0.244 e. The number of hydrogen-bond donors (Lipinski definition) is 4. The Balaban J connectivity index is 1.92. The van der Waals surface area contributed by atoms with E-state index in [1.807, 2.05) is 13.8 Å². The first-order chi connectivity index (χ1) is 11.0. The summed E-state index contributed by atoms with van der Waals surface area (Å²) >= 11 is 1.44. The van der Waals surface area contributed by atoms with Crippen molar-refractivity contribution in [3.05, 3.63) is 0 Å². The topological polar surface area (TPSA) is 103 Å². The first-order valence-corrected chi connectivity index (χ1v) is 9.15. The van der Waals surface area contributed by atoms with Crippen LogP contribution >= 0.6 is 11.8 Å². The van der Waals surface area contributed by atoms with Gasteiger partial charge in [-0.05, 0) is 31.7 Å². The third-order valence-corrected chi connectivity index (χ3v) is 4.87. The Morgan fingerprint density at radius 3 is 2.78 bits per heavy atom. The van der Waals surface area contributed by atoms with Crippen molar-refractivity contribution < 1.29 is 14.7 Å². The van der Waals surface area contributed by atoms with Gasteiger partial charge in [0.05, 0.1) is 6.04 Å². The summed E-state index contributed by atoms with van der Waals surface area (Å²) in [5.41, 5.74) is 0. The fourth-order valence-electron chi connectivity index (χ4n) is 2.70. The molecule has 0 saturated carbocycles. The Morgan fingerprint density at radius 1 is 1.43 bits per heavy atom. The van der Waals surface area contributed by atoms with Gasteiger partial charge in [-0.1, -0.05) is 13.8 Å². The summed E-state index contributed by atoms with van der Waals surface area (Å²) in [5.74, 6) is 0.554. The summed E-state index contributed by atoms with van der Waals surface area (Å²) < 4.78 is 0. The van der Waals surface area contributed by atoms with Crippen molar-refractivity contribution in [2.24, 2.45) is 10.9 Å². The molecule has 2 heterocycles. The number of carbonyl (C=O) groups is 2. The van der Waals surface area contributed by atoms with Crippen LogP contribution in [-0.2, 0) is 9.59 Å². The number of carbonyl (C=O) groups excluding carboxylic acids is 2. The van der Waals surface area contributed by atoms with Crippen LogP contribution in [0.2, 0.25) is 0 Å². The summed E-state index contributed by atoms with van der Waals surface area (Å²) in [6, 6.07) is -0.872. The second-order valence-corrected chi connectivity index (χ2v) is 7.43. The SMILES string of the molecule is CC(C)C[C@H](NC(=O)[C@@H]1CCCN1)C(=O)NC(O)C1=NCCS1. The van der Waals surface area contributed by atoms with E-state index in [1.165, 1.54) is 11.8 Å². The van der Waals surface area contributed by atoms with Crippen molar-refractivity contribution in [3.63, 3.8) is 0 Å². The normalized spacial score (nSPS) is 23.5. The third kappa shape index (κ3) is 5.47. The lowest BCUT2D eigenvalue weighted by Gasteiger charge is -2.23. The molecular formula is C15H26N4O3S. The van der Waals surface area contributed by atoms with Gasteiger partial charge in [-0.15, -0.1) is 11.8 Å². The van der Waals surface area contributed by atoms with Gasteiger partial charge in [0.25, 0.3) is 0 Å². The van der Waals surface area contributed by atoms with Gasteiger partial charge in [-0.25, -0.2) is 0 Å². The van der Waals surface area contributed by atoms with E-state index >= 15 is 0 Å². The number of aliphatic hydroxyl groups is 1. The molecule has 0 radical (unpaired) electrons. The van der Waals surface area contributed by atoms with Crippen molar-refractivity contribution in [1.29, 1.82) is 0 Å². The lowest BCUT2D eigenvalue weighted by molar-refractivity contribution is -0.131. The lowest BCUT2D eigenvalue weighted by Crippen LogP contribution is -2.54. The molecular weight excluding hydrogens is 316 g/mol. The fourth-order valence-corrected chi connectivity index (χ4v) is 3.49. The Morgan fingerprint density at radius 2 is 2.22 bits per heavy atom. The van der Waals surface area contributed by atoms with Crippen LogP contribution in [-0.4, -0.2) is 59.1 Å². The van der Waals surface area contributed by atoms with Crippen LogP contribution in [0, 0.1) is 5.92 Å². The van der Waals surface area contributed by atoms with Crippen LogP contribution in [0.5, 0.6) is 0 Å². The van der Waals surface area contributed by atoms with E-state index in [-0.39, 0.29) is 23.8 Å². The number of aliphatic imine (C=N–C) groups is 1. The molecule has 2 rings (SSSR count). The monoisotopic (exact) mass is 342 g/mol. The molecule has 7 nitrogen and oxygen atoms in total. The zero-order chi connectivity index (χ0) is 16.8. The second kappa shape index (κ2) is 8.65. The minimum Gasteiger partial charge on any atom is -0.368 e. The highest BCUT2D eigenvalue weighted by Gasteiger charge is 2.29. The number of amides is 2. The van der Waals surface area contributed by atoms with E-state index in [1.54, 1.807) is 0 Å². The molecule has 1 saturated heterocycles. The maximum atomic E-state index is 12.4. The van der Waals surface area contributed by atoms with Gasteiger partial charge < -0.3 is 21.1 Å². The summed E-state index contributed by atoms with van der Waals surface area (Å²) in [6.45, 7) is 5.47. The summed E-state index contributed by atoms with van der Waals surface area (Å²) in [7, 11) is 0. The highest BCUT2D eigenvalue weighted by atomic mass is 32.2. The molecule has 1 fully saturated rings. The van der Waals surface area contributed by atoms with Gasteiger partial charge in [0.2, 0.25) is 11.8 Å². The quantitative estimate of drug-likeness (QED) is 0.482.